The first-order valence-corrected chi connectivity index (χ1v) is 8.00. The number of rotatable bonds is 4. The van der Waals surface area contributed by atoms with E-state index in [1.165, 1.54) is 71.2 Å². The molecule has 3 heterocycles. The van der Waals surface area contributed by atoms with Crippen LogP contribution in [0.4, 0.5) is 0 Å². The van der Waals surface area contributed by atoms with Gasteiger partial charge < -0.3 is 5.32 Å². The quantitative estimate of drug-likeness (QED) is 0.818. The molecule has 3 aliphatic heterocycles. The van der Waals surface area contributed by atoms with Gasteiger partial charge in [-0.25, -0.2) is 0 Å². The fourth-order valence-corrected chi connectivity index (χ4v) is 4.29. The summed E-state index contributed by atoms with van der Waals surface area (Å²) < 4.78 is 0. The number of fused-ring (bicyclic) bond motifs is 3. The molecule has 4 aliphatic rings. The van der Waals surface area contributed by atoms with Crippen LogP contribution >= 0.6 is 0 Å². The highest BCUT2D eigenvalue weighted by Crippen LogP contribution is 2.30. The third kappa shape index (κ3) is 2.73. The summed E-state index contributed by atoms with van der Waals surface area (Å²) in [5, 5.41) is 3.64. The van der Waals surface area contributed by atoms with Crippen LogP contribution in [0.15, 0.2) is 0 Å². The van der Waals surface area contributed by atoms with Gasteiger partial charge in [-0.1, -0.05) is 32.1 Å². The summed E-state index contributed by atoms with van der Waals surface area (Å²) in [7, 11) is 2.17. The van der Waals surface area contributed by atoms with Crippen LogP contribution in [0.3, 0.4) is 0 Å². The Morgan fingerprint density at radius 2 is 1.78 bits per heavy atom. The number of nitrogens with one attached hydrogen (secondary N) is 1. The van der Waals surface area contributed by atoms with E-state index in [1.54, 1.807) is 0 Å². The maximum Gasteiger partial charge on any atom is 0.0377 e. The van der Waals surface area contributed by atoms with Gasteiger partial charge in [0.25, 0.3) is 0 Å². The van der Waals surface area contributed by atoms with E-state index in [0.29, 0.717) is 0 Å². The molecule has 3 nitrogen and oxygen atoms in total. The van der Waals surface area contributed by atoms with E-state index in [0.717, 1.165) is 18.0 Å². The second kappa shape index (κ2) is 5.89. The molecule has 2 unspecified atom stereocenters. The van der Waals surface area contributed by atoms with E-state index in [4.69, 9.17) is 0 Å². The van der Waals surface area contributed by atoms with E-state index >= 15 is 0 Å². The molecule has 1 N–H and O–H groups in total. The lowest BCUT2D eigenvalue weighted by molar-refractivity contribution is -0.00655. The first-order chi connectivity index (χ1) is 8.86. The van der Waals surface area contributed by atoms with Crippen molar-refractivity contribution in [2.24, 2.45) is 5.92 Å². The van der Waals surface area contributed by atoms with Gasteiger partial charge in [-0.3, -0.25) is 9.80 Å². The minimum absolute atomic E-state index is 0.719. The molecule has 4 rings (SSSR count). The Bertz CT molecular complexity index is 254. The molecule has 0 spiro atoms. The average Bonchev–Trinajstić information content (AvgIpc) is 2.47. The van der Waals surface area contributed by atoms with Crippen molar-refractivity contribution in [1.29, 1.82) is 0 Å². The standard InChI is InChI=1S/C15H29N3/c1-16-14(11-13-5-3-2-4-6-13)15-12-17-7-9-18(15)10-8-17/h13-16H,2-12H2,1H3. The predicted octanol–water partition coefficient (Wildman–Crippen LogP) is 1.54. The molecular formula is C15H29N3. The molecule has 0 aromatic heterocycles. The first kappa shape index (κ1) is 12.9. The smallest absolute Gasteiger partial charge is 0.0377 e. The Labute approximate surface area is 112 Å². The highest BCUT2D eigenvalue weighted by Gasteiger charge is 2.36. The molecule has 0 aromatic carbocycles. The van der Waals surface area contributed by atoms with Crippen molar-refractivity contribution >= 4 is 0 Å². The van der Waals surface area contributed by atoms with Crippen molar-refractivity contribution in [1.82, 2.24) is 15.1 Å². The summed E-state index contributed by atoms with van der Waals surface area (Å²) in [5.74, 6) is 0.993. The summed E-state index contributed by atoms with van der Waals surface area (Å²) >= 11 is 0. The van der Waals surface area contributed by atoms with Gasteiger partial charge >= 0.3 is 0 Å². The van der Waals surface area contributed by atoms with Gasteiger partial charge in [-0.15, -0.1) is 0 Å². The van der Waals surface area contributed by atoms with Gasteiger partial charge in [0.05, 0.1) is 0 Å². The van der Waals surface area contributed by atoms with Crippen LogP contribution in [0.25, 0.3) is 0 Å². The zero-order chi connectivity index (χ0) is 12.4. The van der Waals surface area contributed by atoms with Crippen LogP contribution in [0, 0.1) is 5.92 Å². The topological polar surface area (TPSA) is 18.5 Å². The molecule has 3 saturated heterocycles. The van der Waals surface area contributed by atoms with Gasteiger partial charge in [0.2, 0.25) is 0 Å². The lowest BCUT2D eigenvalue weighted by Gasteiger charge is -2.50. The SMILES string of the molecule is CNC(CC1CCCCC1)C1CN2CCN1CC2. The van der Waals surface area contributed by atoms with Crippen LogP contribution in [0.1, 0.15) is 38.5 Å². The maximum atomic E-state index is 3.64. The number of hydrogen-bond acceptors (Lipinski definition) is 3. The van der Waals surface area contributed by atoms with E-state index in [1.807, 2.05) is 0 Å². The van der Waals surface area contributed by atoms with Crippen LogP contribution in [0.5, 0.6) is 0 Å². The summed E-state index contributed by atoms with van der Waals surface area (Å²) in [6.45, 7) is 6.51. The summed E-state index contributed by atoms with van der Waals surface area (Å²) in [4.78, 5) is 5.40. The summed E-state index contributed by atoms with van der Waals surface area (Å²) in [5.41, 5.74) is 0. The fourth-order valence-electron chi connectivity index (χ4n) is 4.29. The zero-order valence-corrected chi connectivity index (χ0v) is 11.9. The molecule has 18 heavy (non-hydrogen) atoms. The van der Waals surface area contributed by atoms with Crippen LogP contribution in [-0.2, 0) is 0 Å². The highest BCUT2D eigenvalue weighted by molar-refractivity contribution is 4.95. The van der Waals surface area contributed by atoms with Crippen molar-refractivity contribution in [3.8, 4) is 0 Å². The molecule has 4 fully saturated rings. The largest absolute Gasteiger partial charge is 0.315 e. The Morgan fingerprint density at radius 3 is 2.33 bits per heavy atom. The van der Waals surface area contributed by atoms with E-state index in [2.05, 4.69) is 22.2 Å². The number of likely N-dealkylation sites (N-methyl/N-ethyl adjacent to an activating group) is 1. The third-order valence-electron chi connectivity index (χ3n) is 5.47. The molecule has 0 aromatic rings. The Balaban J connectivity index is 1.57. The molecular weight excluding hydrogens is 222 g/mol. The lowest BCUT2D eigenvalue weighted by atomic mass is 9.82. The monoisotopic (exact) mass is 251 g/mol. The van der Waals surface area contributed by atoms with Gasteiger partial charge in [-0.05, 0) is 19.4 Å². The zero-order valence-electron chi connectivity index (χ0n) is 11.9. The van der Waals surface area contributed by atoms with Gasteiger partial charge in [0.1, 0.15) is 0 Å². The molecule has 3 heteroatoms. The fraction of sp³-hybridized carbons (Fsp3) is 1.00. The third-order valence-corrected chi connectivity index (χ3v) is 5.47. The molecule has 2 bridgehead atoms. The average molecular weight is 251 g/mol. The lowest BCUT2D eigenvalue weighted by Crippen LogP contribution is -2.66. The van der Waals surface area contributed by atoms with E-state index in [-0.39, 0.29) is 0 Å². The second-order valence-electron chi connectivity index (χ2n) is 6.54. The molecule has 104 valence electrons. The second-order valence-corrected chi connectivity index (χ2v) is 6.54. The predicted molar refractivity (Wildman–Crippen MR) is 75.8 cm³/mol. The van der Waals surface area contributed by atoms with E-state index < -0.39 is 0 Å². The Hall–Kier alpha value is -0.120. The summed E-state index contributed by atoms with van der Waals surface area (Å²) in [6.07, 6.45) is 8.79. The highest BCUT2D eigenvalue weighted by atomic mass is 15.4. The Morgan fingerprint density at radius 1 is 1.06 bits per heavy atom. The van der Waals surface area contributed by atoms with Crippen molar-refractivity contribution < 1.29 is 0 Å². The van der Waals surface area contributed by atoms with Gasteiger partial charge in [0.15, 0.2) is 0 Å². The minimum Gasteiger partial charge on any atom is -0.315 e. The summed E-state index contributed by atoms with van der Waals surface area (Å²) in [6, 6.07) is 1.50. The van der Waals surface area contributed by atoms with Gasteiger partial charge in [-0.2, -0.15) is 0 Å². The minimum atomic E-state index is 0.719. The molecule has 1 saturated carbocycles. The van der Waals surface area contributed by atoms with Crippen LogP contribution in [0.2, 0.25) is 0 Å². The van der Waals surface area contributed by atoms with Crippen LogP contribution < -0.4 is 5.32 Å². The van der Waals surface area contributed by atoms with Crippen LogP contribution in [-0.4, -0.2) is 61.7 Å². The van der Waals surface area contributed by atoms with Crippen molar-refractivity contribution in [3.05, 3.63) is 0 Å². The number of nitrogens with zero attached hydrogens (tertiary/aromatic N) is 2. The normalized spacial score (nSPS) is 38.8. The molecule has 2 atom stereocenters. The van der Waals surface area contributed by atoms with Crippen molar-refractivity contribution in [2.45, 2.75) is 50.6 Å². The van der Waals surface area contributed by atoms with Crippen molar-refractivity contribution in [2.75, 3.05) is 39.8 Å². The Kier molecular flexibility index (Phi) is 4.22. The molecule has 1 aliphatic carbocycles. The van der Waals surface area contributed by atoms with E-state index in [9.17, 15) is 0 Å². The van der Waals surface area contributed by atoms with Gasteiger partial charge in [0, 0.05) is 44.8 Å². The number of piperazine rings is 3. The van der Waals surface area contributed by atoms with Crippen molar-refractivity contribution in [3.63, 3.8) is 0 Å². The maximum absolute atomic E-state index is 3.64. The first-order valence-electron chi connectivity index (χ1n) is 8.00. The molecule has 0 amide bonds. The molecule has 0 radical (unpaired) electrons. The number of hydrogen-bond donors (Lipinski definition) is 1.